The van der Waals surface area contributed by atoms with Gasteiger partial charge in [-0.15, -0.1) is 10.2 Å². The topological polar surface area (TPSA) is 77.2 Å². The molecule has 2 aromatic rings. The third-order valence-electron chi connectivity index (χ3n) is 6.35. The number of benzene rings is 1. The van der Waals surface area contributed by atoms with Crippen molar-refractivity contribution in [2.75, 3.05) is 6.61 Å². The Morgan fingerprint density at radius 2 is 2.18 bits per heavy atom. The zero-order valence-electron chi connectivity index (χ0n) is 15.5. The van der Waals surface area contributed by atoms with E-state index in [1.54, 1.807) is 0 Å². The van der Waals surface area contributed by atoms with Gasteiger partial charge in [-0.1, -0.05) is 24.9 Å². The SMILES string of the molecule is CC[C@@H]1C[C@H]1c1nnc(C23CC(NC(=O)COc4ccc(Cl)c(F)c4)(C2)C3)o1. The van der Waals surface area contributed by atoms with Gasteiger partial charge >= 0.3 is 0 Å². The number of amides is 1. The van der Waals surface area contributed by atoms with Crippen molar-refractivity contribution >= 4 is 17.5 Å². The van der Waals surface area contributed by atoms with E-state index in [1.165, 1.54) is 18.2 Å². The number of rotatable bonds is 7. The van der Waals surface area contributed by atoms with Crippen LogP contribution in [0.1, 0.15) is 56.7 Å². The van der Waals surface area contributed by atoms with Crippen molar-refractivity contribution in [1.82, 2.24) is 15.5 Å². The van der Waals surface area contributed by atoms with Crippen LogP contribution in [0, 0.1) is 11.7 Å². The van der Waals surface area contributed by atoms with Crippen molar-refractivity contribution < 1.29 is 18.3 Å². The van der Waals surface area contributed by atoms with Gasteiger partial charge in [0.05, 0.1) is 10.4 Å². The summed E-state index contributed by atoms with van der Waals surface area (Å²) < 4.78 is 24.7. The van der Waals surface area contributed by atoms with Gasteiger partial charge in [-0.25, -0.2) is 4.39 Å². The first-order chi connectivity index (χ1) is 13.4. The van der Waals surface area contributed by atoms with Crippen molar-refractivity contribution in [3.63, 3.8) is 0 Å². The summed E-state index contributed by atoms with van der Waals surface area (Å²) in [6, 6.07) is 4.10. The van der Waals surface area contributed by atoms with Crippen LogP contribution in [0.2, 0.25) is 5.02 Å². The van der Waals surface area contributed by atoms with Crippen molar-refractivity contribution in [2.24, 2.45) is 5.92 Å². The van der Waals surface area contributed by atoms with Crippen LogP contribution in [0.5, 0.6) is 5.75 Å². The predicted octanol–water partition coefficient (Wildman–Crippen LogP) is 3.74. The van der Waals surface area contributed by atoms with E-state index < -0.39 is 5.82 Å². The van der Waals surface area contributed by atoms with Gasteiger partial charge in [0.2, 0.25) is 11.8 Å². The number of hydrogen-bond donors (Lipinski definition) is 1. The lowest BCUT2D eigenvalue weighted by Gasteiger charge is -2.68. The lowest BCUT2D eigenvalue weighted by Crippen LogP contribution is -2.77. The second-order valence-corrected chi connectivity index (χ2v) is 8.87. The van der Waals surface area contributed by atoms with Gasteiger partial charge in [-0.2, -0.15) is 0 Å². The fourth-order valence-electron chi connectivity index (χ4n) is 4.79. The Hall–Kier alpha value is -2.15. The molecule has 6 rings (SSSR count). The molecular weight excluding hydrogens is 385 g/mol. The fraction of sp³-hybridized carbons (Fsp3) is 0.550. The quantitative estimate of drug-likeness (QED) is 0.759. The zero-order valence-corrected chi connectivity index (χ0v) is 16.3. The number of carbonyl (C=O) groups is 1. The van der Waals surface area contributed by atoms with E-state index in [-0.39, 0.29) is 34.2 Å². The number of ether oxygens (including phenoxy) is 1. The minimum atomic E-state index is -0.573. The highest BCUT2D eigenvalue weighted by Gasteiger charge is 2.72. The van der Waals surface area contributed by atoms with E-state index in [0.29, 0.717) is 17.7 Å². The lowest BCUT2D eigenvalue weighted by atomic mass is 9.39. The van der Waals surface area contributed by atoms with E-state index in [4.69, 9.17) is 20.8 Å². The summed E-state index contributed by atoms with van der Waals surface area (Å²) in [4.78, 5) is 12.2. The van der Waals surface area contributed by atoms with Crippen LogP contribution >= 0.6 is 11.6 Å². The molecule has 2 bridgehead atoms. The minimum absolute atomic E-state index is 0.0204. The molecule has 0 saturated heterocycles. The van der Waals surface area contributed by atoms with E-state index >= 15 is 0 Å². The van der Waals surface area contributed by atoms with Crippen LogP contribution in [0.15, 0.2) is 22.6 Å². The molecule has 1 amide bonds. The van der Waals surface area contributed by atoms with Crippen molar-refractivity contribution in [3.05, 3.63) is 40.8 Å². The van der Waals surface area contributed by atoms with E-state index in [2.05, 4.69) is 22.4 Å². The predicted molar refractivity (Wildman–Crippen MR) is 98.7 cm³/mol. The number of hydrogen-bond acceptors (Lipinski definition) is 5. The minimum Gasteiger partial charge on any atom is -0.484 e. The summed E-state index contributed by atoms with van der Waals surface area (Å²) in [5.74, 6) is 2.08. The molecule has 1 N–H and O–H groups in total. The Bertz CT molecular complexity index is 927. The van der Waals surface area contributed by atoms with E-state index in [0.717, 1.165) is 38.0 Å². The summed E-state index contributed by atoms with van der Waals surface area (Å²) in [7, 11) is 0. The molecule has 0 unspecified atom stereocenters. The van der Waals surface area contributed by atoms with Crippen molar-refractivity contribution in [3.8, 4) is 5.75 Å². The molecule has 1 heterocycles. The number of carbonyl (C=O) groups excluding carboxylic acids is 1. The van der Waals surface area contributed by atoms with Gasteiger partial charge in [-0.3, -0.25) is 4.79 Å². The molecule has 148 valence electrons. The molecule has 4 aliphatic carbocycles. The molecule has 4 saturated carbocycles. The van der Waals surface area contributed by atoms with Gasteiger partial charge < -0.3 is 14.5 Å². The van der Waals surface area contributed by atoms with Gasteiger partial charge in [0, 0.05) is 17.5 Å². The third-order valence-corrected chi connectivity index (χ3v) is 6.66. The van der Waals surface area contributed by atoms with Crippen LogP contribution in [-0.2, 0) is 10.2 Å². The molecule has 0 radical (unpaired) electrons. The summed E-state index contributed by atoms with van der Waals surface area (Å²) in [5.41, 5.74) is -0.277. The molecule has 4 fully saturated rings. The average molecular weight is 406 g/mol. The monoisotopic (exact) mass is 405 g/mol. The Balaban J connectivity index is 1.12. The smallest absolute Gasteiger partial charge is 0.258 e. The van der Waals surface area contributed by atoms with Gasteiger partial charge in [0.15, 0.2) is 6.61 Å². The first kappa shape index (κ1) is 17.9. The summed E-state index contributed by atoms with van der Waals surface area (Å²) in [6.45, 7) is 2.02. The normalized spacial score (nSPS) is 32.2. The maximum absolute atomic E-state index is 13.4. The van der Waals surface area contributed by atoms with E-state index in [1.807, 2.05) is 0 Å². The zero-order chi connectivity index (χ0) is 19.5. The van der Waals surface area contributed by atoms with Gasteiger partial charge in [0.1, 0.15) is 11.6 Å². The molecule has 28 heavy (non-hydrogen) atoms. The van der Waals surface area contributed by atoms with Gasteiger partial charge in [-0.05, 0) is 43.7 Å². The van der Waals surface area contributed by atoms with Crippen molar-refractivity contribution in [1.29, 1.82) is 0 Å². The lowest BCUT2D eigenvalue weighted by molar-refractivity contribution is -0.143. The first-order valence-corrected chi connectivity index (χ1v) is 10.0. The first-order valence-electron chi connectivity index (χ1n) is 9.65. The molecule has 0 spiro atoms. The molecule has 4 aliphatic rings. The Morgan fingerprint density at radius 1 is 1.39 bits per heavy atom. The summed E-state index contributed by atoms with van der Waals surface area (Å²) >= 11 is 5.64. The number of aromatic nitrogens is 2. The third kappa shape index (κ3) is 2.87. The van der Waals surface area contributed by atoms with Crippen LogP contribution < -0.4 is 10.1 Å². The maximum atomic E-state index is 13.4. The highest BCUT2D eigenvalue weighted by Crippen LogP contribution is 2.67. The Morgan fingerprint density at radius 3 is 2.86 bits per heavy atom. The number of halogens is 2. The molecule has 1 aromatic heterocycles. The Labute approximate surface area is 166 Å². The average Bonchev–Trinajstić information content (AvgIpc) is 3.25. The van der Waals surface area contributed by atoms with E-state index in [9.17, 15) is 9.18 Å². The molecule has 0 aliphatic heterocycles. The summed E-state index contributed by atoms with van der Waals surface area (Å²) in [6.07, 6.45) is 4.72. The number of nitrogens with zero attached hydrogens (tertiary/aromatic N) is 2. The molecular formula is C20H21ClFN3O3. The Kier molecular flexibility index (Phi) is 3.95. The van der Waals surface area contributed by atoms with Crippen LogP contribution in [0.3, 0.4) is 0 Å². The largest absolute Gasteiger partial charge is 0.484 e. The second kappa shape index (κ2) is 6.17. The summed E-state index contributed by atoms with van der Waals surface area (Å²) in [5, 5.41) is 11.6. The maximum Gasteiger partial charge on any atom is 0.258 e. The highest BCUT2D eigenvalue weighted by atomic mass is 35.5. The standard InChI is InChI=1S/C20H21ClFN3O3/c1-2-11-5-13(11)17-24-25-18(28-17)19-8-20(9-19,10-19)23-16(26)7-27-12-3-4-14(21)15(22)6-12/h3-4,6,11,13H,2,5,7-10H2,1H3,(H,23,26)/t11-,13-,19?,20?/m1/s1. The van der Waals surface area contributed by atoms with Crippen LogP contribution in [-0.4, -0.2) is 28.3 Å². The van der Waals surface area contributed by atoms with Crippen LogP contribution in [0.25, 0.3) is 0 Å². The number of nitrogens with one attached hydrogen (secondary N) is 1. The second-order valence-electron chi connectivity index (χ2n) is 8.46. The molecule has 6 nitrogen and oxygen atoms in total. The van der Waals surface area contributed by atoms with Gasteiger partial charge in [0.25, 0.3) is 5.91 Å². The fourth-order valence-corrected chi connectivity index (χ4v) is 4.91. The molecule has 1 aromatic carbocycles. The molecule has 2 atom stereocenters. The highest BCUT2D eigenvalue weighted by molar-refractivity contribution is 6.30. The molecule has 8 heteroatoms. The van der Waals surface area contributed by atoms with Crippen LogP contribution in [0.4, 0.5) is 4.39 Å². The van der Waals surface area contributed by atoms with Crippen molar-refractivity contribution in [2.45, 2.75) is 55.9 Å².